The summed E-state index contributed by atoms with van der Waals surface area (Å²) in [5.74, 6) is 0.795. The molecule has 0 bridgehead atoms. The van der Waals surface area contributed by atoms with Gasteiger partial charge in [0.2, 0.25) is 0 Å². The number of ether oxygens (including phenoxy) is 1. The molecule has 0 saturated carbocycles. The fourth-order valence-corrected chi connectivity index (χ4v) is 5.56. The molecule has 9 nitrogen and oxygen atoms in total. The summed E-state index contributed by atoms with van der Waals surface area (Å²) in [4.78, 5) is 19.7. The summed E-state index contributed by atoms with van der Waals surface area (Å²) in [6.45, 7) is 4.16. The molecule has 7 rings (SSSR count). The van der Waals surface area contributed by atoms with Gasteiger partial charge in [-0.05, 0) is 69.5 Å². The van der Waals surface area contributed by atoms with Gasteiger partial charge in [-0.15, -0.1) is 0 Å². The normalized spacial score (nSPS) is 17.0. The monoisotopic (exact) mass is 494 g/mol. The second kappa shape index (κ2) is 9.48. The van der Waals surface area contributed by atoms with E-state index in [4.69, 9.17) is 4.74 Å². The van der Waals surface area contributed by atoms with Crippen LogP contribution in [-0.2, 0) is 0 Å². The number of hydrogen-bond acceptors (Lipinski definition) is 7. The number of fused-ring (bicyclic) bond motifs is 2. The summed E-state index contributed by atoms with van der Waals surface area (Å²) < 4.78 is 6.22. The van der Waals surface area contributed by atoms with E-state index < -0.39 is 0 Å². The van der Waals surface area contributed by atoms with E-state index in [0.29, 0.717) is 0 Å². The van der Waals surface area contributed by atoms with Crippen molar-refractivity contribution in [1.29, 1.82) is 0 Å². The number of nitrogens with one attached hydrogen (secondary N) is 3. The zero-order valence-electron chi connectivity index (χ0n) is 20.7. The Labute approximate surface area is 214 Å². The molecule has 188 valence electrons. The Morgan fingerprint density at radius 3 is 2.62 bits per heavy atom. The van der Waals surface area contributed by atoms with Gasteiger partial charge in [-0.3, -0.25) is 10.1 Å². The lowest BCUT2D eigenvalue weighted by Gasteiger charge is -2.29. The van der Waals surface area contributed by atoms with Crippen molar-refractivity contribution in [3.63, 3.8) is 0 Å². The smallest absolute Gasteiger partial charge is 0.155 e. The fourth-order valence-electron chi connectivity index (χ4n) is 5.56. The van der Waals surface area contributed by atoms with E-state index in [0.717, 1.165) is 89.4 Å². The van der Waals surface area contributed by atoms with Gasteiger partial charge in [-0.2, -0.15) is 5.10 Å². The van der Waals surface area contributed by atoms with Gasteiger partial charge in [-0.1, -0.05) is 0 Å². The molecule has 5 aromatic heterocycles. The molecular weight excluding hydrogens is 464 g/mol. The van der Waals surface area contributed by atoms with E-state index in [-0.39, 0.29) is 6.10 Å². The van der Waals surface area contributed by atoms with Gasteiger partial charge >= 0.3 is 0 Å². The highest BCUT2D eigenvalue weighted by molar-refractivity contribution is 5.98. The molecule has 2 aliphatic rings. The maximum atomic E-state index is 6.22. The largest absolute Gasteiger partial charge is 0.489 e. The molecule has 0 amide bonds. The Balaban J connectivity index is 1.23. The number of pyridine rings is 3. The molecule has 0 unspecified atom stereocenters. The molecule has 0 aromatic carbocycles. The minimum absolute atomic E-state index is 0.227. The number of rotatable bonds is 5. The molecule has 0 aliphatic carbocycles. The van der Waals surface area contributed by atoms with Crippen molar-refractivity contribution in [2.24, 2.45) is 0 Å². The number of aromatic nitrogens is 6. The lowest BCUT2D eigenvalue weighted by molar-refractivity contribution is 0.162. The van der Waals surface area contributed by atoms with E-state index in [2.05, 4.69) is 64.6 Å². The van der Waals surface area contributed by atoms with Gasteiger partial charge in [-0.25, -0.2) is 9.97 Å². The predicted molar refractivity (Wildman–Crippen MR) is 145 cm³/mol. The van der Waals surface area contributed by atoms with E-state index in [1.165, 1.54) is 24.9 Å². The molecule has 2 saturated heterocycles. The second-order valence-electron chi connectivity index (χ2n) is 9.99. The maximum absolute atomic E-state index is 6.22. The first-order chi connectivity index (χ1) is 18.3. The zero-order valence-corrected chi connectivity index (χ0v) is 20.7. The first kappa shape index (κ1) is 22.2. The lowest BCUT2D eigenvalue weighted by atomic mass is 10.1. The average Bonchev–Trinajstić information content (AvgIpc) is 3.58. The quantitative estimate of drug-likeness (QED) is 0.325. The number of aromatic amines is 2. The summed E-state index contributed by atoms with van der Waals surface area (Å²) in [6, 6.07) is 8.47. The number of hydrogen-bond donors (Lipinski definition) is 3. The molecule has 0 spiro atoms. The first-order valence-electron chi connectivity index (χ1n) is 13.2. The van der Waals surface area contributed by atoms with Crippen LogP contribution in [0.4, 0.5) is 5.69 Å². The van der Waals surface area contributed by atoms with E-state index in [1.807, 2.05) is 18.6 Å². The molecule has 0 radical (unpaired) electrons. The van der Waals surface area contributed by atoms with Gasteiger partial charge in [0.05, 0.1) is 11.9 Å². The van der Waals surface area contributed by atoms with Crippen molar-refractivity contribution in [2.45, 2.75) is 38.2 Å². The Morgan fingerprint density at radius 2 is 1.73 bits per heavy atom. The predicted octanol–water partition coefficient (Wildman–Crippen LogP) is 4.68. The molecule has 37 heavy (non-hydrogen) atoms. The van der Waals surface area contributed by atoms with Crippen LogP contribution >= 0.6 is 0 Å². The SMILES string of the molecule is c1cc(N2CCCCC2)c2cc(-c3n[nH]c4ncc(-c5cncc(OC6CCNCC6)c5)cc34)[nH]c2n1. The zero-order chi connectivity index (χ0) is 24.6. The topological polar surface area (TPSA) is 108 Å². The van der Waals surface area contributed by atoms with Crippen LogP contribution in [-0.4, -0.2) is 62.4 Å². The van der Waals surface area contributed by atoms with Gasteiger partial charge in [0.15, 0.2) is 5.65 Å². The third-order valence-electron chi connectivity index (χ3n) is 7.51. The average molecular weight is 495 g/mol. The van der Waals surface area contributed by atoms with Crippen LogP contribution in [0.15, 0.2) is 49.1 Å². The van der Waals surface area contributed by atoms with Crippen LogP contribution in [0.3, 0.4) is 0 Å². The molecule has 9 heteroatoms. The van der Waals surface area contributed by atoms with Crippen LogP contribution in [0.1, 0.15) is 32.1 Å². The minimum atomic E-state index is 0.227. The fraction of sp³-hybridized carbons (Fsp3) is 0.357. The third kappa shape index (κ3) is 4.29. The maximum Gasteiger partial charge on any atom is 0.155 e. The summed E-state index contributed by atoms with van der Waals surface area (Å²) in [6.07, 6.45) is 13.4. The highest BCUT2D eigenvalue weighted by Gasteiger charge is 2.19. The van der Waals surface area contributed by atoms with Crippen molar-refractivity contribution in [3.05, 3.63) is 49.1 Å². The number of nitrogens with zero attached hydrogens (tertiary/aromatic N) is 5. The molecule has 7 heterocycles. The van der Waals surface area contributed by atoms with E-state index >= 15 is 0 Å². The summed E-state index contributed by atoms with van der Waals surface area (Å²) in [5, 5.41) is 13.2. The van der Waals surface area contributed by atoms with Gasteiger partial charge in [0, 0.05) is 59.3 Å². The van der Waals surface area contributed by atoms with Gasteiger partial charge < -0.3 is 19.9 Å². The molecule has 0 atom stereocenters. The van der Waals surface area contributed by atoms with E-state index in [1.54, 1.807) is 6.20 Å². The summed E-state index contributed by atoms with van der Waals surface area (Å²) in [5.41, 5.74) is 6.57. The van der Waals surface area contributed by atoms with Gasteiger partial charge in [0.1, 0.15) is 23.2 Å². The van der Waals surface area contributed by atoms with Crippen LogP contribution in [0, 0.1) is 0 Å². The highest BCUT2D eigenvalue weighted by Crippen LogP contribution is 2.34. The molecule has 2 aliphatic heterocycles. The summed E-state index contributed by atoms with van der Waals surface area (Å²) in [7, 11) is 0. The van der Waals surface area contributed by atoms with Crippen molar-refractivity contribution in [3.8, 4) is 28.3 Å². The van der Waals surface area contributed by atoms with Crippen LogP contribution in [0.2, 0.25) is 0 Å². The first-order valence-corrected chi connectivity index (χ1v) is 13.2. The number of piperidine rings is 2. The summed E-state index contributed by atoms with van der Waals surface area (Å²) >= 11 is 0. The lowest BCUT2D eigenvalue weighted by Crippen LogP contribution is -2.34. The Bertz CT molecular complexity index is 1540. The van der Waals surface area contributed by atoms with Crippen molar-refractivity contribution >= 4 is 27.8 Å². The molecular formula is C28H30N8O. The Morgan fingerprint density at radius 1 is 0.865 bits per heavy atom. The van der Waals surface area contributed by atoms with Crippen LogP contribution in [0.5, 0.6) is 5.75 Å². The number of anilines is 1. The standard InChI is InChI=1S/C28H30N8O/c1-2-10-36(11-3-1)25-6-9-31-27-22(25)14-24(33-27)26-23-13-19(16-32-28(23)35-34-26)18-12-21(17-30-15-18)37-20-4-7-29-8-5-20/h6,9,12-17,20,29H,1-5,7-8,10-11H2,(H,31,33)(H,32,34,35). The Hall–Kier alpha value is -3.98. The van der Waals surface area contributed by atoms with E-state index in [9.17, 15) is 0 Å². The third-order valence-corrected chi connectivity index (χ3v) is 7.51. The highest BCUT2D eigenvalue weighted by atomic mass is 16.5. The second-order valence-corrected chi connectivity index (χ2v) is 9.99. The van der Waals surface area contributed by atoms with Crippen LogP contribution < -0.4 is 15.0 Å². The molecule has 2 fully saturated rings. The number of H-pyrrole nitrogens is 2. The van der Waals surface area contributed by atoms with Crippen molar-refractivity contribution in [2.75, 3.05) is 31.1 Å². The van der Waals surface area contributed by atoms with Crippen molar-refractivity contribution < 1.29 is 4.74 Å². The van der Waals surface area contributed by atoms with Gasteiger partial charge in [0.25, 0.3) is 0 Å². The van der Waals surface area contributed by atoms with Crippen LogP contribution in [0.25, 0.3) is 44.6 Å². The van der Waals surface area contributed by atoms with Crippen molar-refractivity contribution in [1.82, 2.24) is 35.5 Å². The minimum Gasteiger partial charge on any atom is -0.489 e. The molecule has 3 N–H and O–H groups in total. The molecule has 5 aromatic rings. The Kier molecular flexibility index (Phi) is 5.70.